The average molecular weight is 267 g/mol. The van der Waals surface area contributed by atoms with Crippen LogP contribution in [0.15, 0.2) is 11.4 Å². The van der Waals surface area contributed by atoms with Crippen LogP contribution in [0.4, 0.5) is 0 Å². The van der Waals surface area contributed by atoms with Gasteiger partial charge in [0.15, 0.2) is 0 Å². The van der Waals surface area contributed by atoms with E-state index in [1.807, 2.05) is 11.9 Å². The highest BCUT2D eigenvalue weighted by Gasteiger charge is 2.29. The maximum Gasteiger partial charge on any atom is 0.264 e. The van der Waals surface area contributed by atoms with Crippen molar-refractivity contribution in [3.05, 3.63) is 21.9 Å². The van der Waals surface area contributed by atoms with Gasteiger partial charge in [0.05, 0.1) is 10.4 Å². The van der Waals surface area contributed by atoms with E-state index in [1.165, 1.54) is 11.3 Å². The summed E-state index contributed by atoms with van der Waals surface area (Å²) >= 11 is 1.28. The number of nitrogens with one attached hydrogen (secondary N) is 1. The molecular weight excluding hydrogens is 250 g/mol. The molecule has 1 aromatic heterocycles. The van der Waals surface area contributed by atoms with E-state index in [9.17, 15) is 9.59 Å². The Kier molecular flexibility index (Phi) is 3.98. The van der Waals surface area contributed by atoms with E-state index >= 15 is 0 Å². The molecule has 1 atom stereocenters. The number of likely N-dealkylation sites (N-methyl/N-ethyl adjacent to an activating group) is 1. The molecule has 1 aliphatic rings. The van der Waals surface area contributed by atoms with Crippen LogP contribution in [-0.2, 0) is 0 Å². The summed E-state index contributed by atoms with van der Waals surface area (Å²) in [4.78, 5) is 25.8. The molecule has 1 fully saturated rings. The third-order valence-electron chi connectivity index (χ3n) is 3.17. The molecule has 2 amide bonds. The van der Waals surface area contributed by atoms with Gasteiger partial charge in [-0.2, -0.15) is 0 Å². The number of rotatable bonds is 4. The van der Waals surface area contributed by atoms with Crippen molar-refractivity contribution in [3.63, 3.8) is 0 Å². The van der Waals surface area contributed by atoms with Crippen molar-refractivity contribution in [3.8, 4) is 0 Å². The Balaban J connectivity index is 2.12. The number of likely N-dealkylation sites (tertiary alicyclic amines) is 1. The van der Waals surface area contributed by atoms with E-state index in [4.69, 9.17) is 5.73 Å². The molecule has 1 aliphatic heterocycles. The van der Waals surface area contributed by atoms with Crippen LogP contribution in [-0.4, -0.2) is 42.9 Å². The zero-order valence-electron chi connectivity index (χ0n) is 10.3. The summed E-state index contributed by atoms with van der Waals surface area (Å²) in [5, 5.41) is 4.74. The summed E-state index contributed by atoms with van der Waals surface area (Å²) < 4.78 is 0. The molecule has 1 aromatic rings. The smallest absolute Gasteiger partial charge is 0.264 e. The lowest BCUT2D eigenvalue weighted by Crippen LogP contribution is -2.40. The van der Waals surface area contributed by atoms with Gasteiger partial charge in [0, 0.05) is 24.5 Å². The Morgan fingerprint density at radius 1 is 1.61 bits per heavy atom. The van der Waals surface area contributed by atoms with Gasteiger partial charge in [0.1, 0.15) is 0 Å². The van der Waals surface area contributed by atoms with E-state index in [0.717, 1.165) is 25.9 Å². The maximum absolute atomic E-state index is 12.3. The van der Waals surface area contributed by atoms with Gasteiger partial charge in [0.2, 0.25) is 5.91 Å². The summed E-state index contributed by atoms with van der Waals surface area (Å²) in [5.41, 5.74) is 5.60. The number of hydrogen-bond acceptors (Lipinski definition) is 4. The van der Waals surface area contributed by atoms with Gasteiger partial charge in [-0.25, -0.2) is 0 Å². The quantitative estimate of drug-likeness (QED) is 0.842. The van der Waals surface area contributed by atoms with Crippen molar-refractivity contribution in [2.75, 3.05) is 20.1 Å². The van der Waals surface area contributed by atoms with Gasteiger partial charge in [-0.3, -0.25) is 9.59 Å². The van der Waals surface area contributed by atoms with Gasteiger partial charge in [0.25, 0.3) is 5.91 Å². The summed E-state index contributed by atoms with van der Waals surface area (Å²) in [5.74, 6) is -0.483. The van der Waals surface area contributed by atoms with Crippen molar-refractivity contribution < 1.29 is 9.59 Å². The summed E-state index contributed by atoms with van der Waals surface area (Å²) in [6.45, 7) is 1.59. The highest BCUT2D eigenvalue weighted by atomic mass is 32.1. The Labute approximate surface area is 110 Å². The van der Waals surface area contributed by atoms with Crippen LogP contribution >= 0.6 is 11.3 Å². The molecule has 1 saturated heterocycles. The van der Waals surface area contributed by atoms with Crippen LogP contribution in [0.1, 0.15) is 32.9 Å². The first-order valence-electron chi connectivity index (χ1n) is 5.97. The molecule has 0 aromatic carbocycles. The largest absolute Gasteiger partial charge is 0.366 e. The lowest BCUT2D eigenvalue weighted by atomic mass is 10.2. The zero-order valence-corrected chi connectivity index (χ0v) is 11.1. The number of nitrogens with zero attached hydrogens (tertiary/aromatic N) is 1. The number of carbonyl (C=O) groups excluding carboxylic acids is 2. The molecule has 0 radical (unpaired) electrons. The van der Waals surface area contributed by atoms with Crippen LogP contribution in [0.3, 0.4) is 0 Å². The van der Waals surface area contributed by atoms with Crippen LogP contribution in [0.25, 0.3) is 0 Å². The van der Waals surface area contributed by atoms with E-state index in [-0.39, 0.29) is 11.9 Å². The second-order valence-electron chi connectivity index (χ2n) is 4.42. The van der Waals surface area contributed by atoms with E-state index in [0.29, 0.717) is 10.4 Å². The second-order valence-corrected chi connectivity index (χ2v) is 5.33. The van der Waals surface area contributed by atoms with Crippen molar-refractivity contribution in [1.82, 2.24) is 10.2 Å². The first-order chi connectivity index (χ1) is 8.63. The molecule has 0 aliphatic carbocycles. The van der Waals surface area contributed by atoms with Crippen molar-refractivity contribution >= 4 is 23.2 Å². The molecule has 6 heteroatoms. The molecule has 0 bridgehead atoms. The number of carbonyl (C=O) groups is 2. The minimum absolute atomic E-state index is 0.00486. The molecular formula is C12H17N3O2S. The minimum atomic E-state index is -0.488. The number of amides is 2. The van der Waals surface area contributed by atoms with Crippen LogP contribution < -0.4 is 11.1 Å². The van der Waals surface area contributed by atoms with Crippen molar-refractivity contribution in [2.24, 2.45) is 5.73 Å². The normalized spacial score (nSPS) is 19.2. The van der Waals surface area contributed by atoms with Crippen LogP contribution in [0, 0.1) is 0 Å². The van der Waals surface area contributed by atoms with Gasteiger partial charge in [-0.1, -0.05) is 0 Å². The van der Waals surface area contributed by atoms with E-state index in [1.54, 1.807) is 11.4 Å². The Bertz CT molecular complexity index is 458. The molecule has 3 N–H and O–H groups in total. The number of nitrogens with two attached hydrogens (primary N) is 1. The minimum Gasteiger partial charge on any atom is -0.366 e. The van der Waals surface area contributed by atoms with Gasteiger partial charge in [-0.05, 0) is 26.0 Å². The molecule has 2 rings (SSSR count). The Morgan fingerprint density at radius 2 is 2.39 bits per heavy atom. The van der Waals surface area contributed by atoms with Gasteiger partial charge in [-0.15, -0.1) is 11.3 Å². The predicted octanol–water partition coefficient (Wildman–Crippen LogP) is 0.671. The maximum atomic E-state index is 12.3. The zero-order chi connectivity index (χ0) is 13.1. The SMILES string of the molecule is CNCC1CCCN1C(=O)c1cc(C(N)=O)cs1. The Hall–Kier alpha value is -1.40. The van der Waals surface area contributed by atoms with Crippen LogP contribution in [0.5, 0.6) is 0 Å². The highest BCUT2D eigenvalue weighted by Crippen LogP contribution is 2.23. The fourth-order valence-corrected chi connectivity index (χ4v) is 3.12. The topological polar surface area (TPSA) is 75.4 Å². The van der Waals surface area contributed by atoms with Crippen molar-refractivity contribution in [1.29, 1.82) is 0 Å². The fourth-order valence-electron chi connectivity index (χ4n) is 2.27. The van der Waals surface area contributed by atoms with Gasteiger partial charge < -0.3 is 16.0 Å². The molecule has 2 heterocycles. The van der Waals surface area contributed by atoms with E-state index in [2.05, 4.69) is 5.32 Å². The highest BCUT2D eigenvalue weighted by molar-refractivity contribution is 7.12. The molecule has 0 spiro atoms. The molecule has 5 nitrogen and oxygen atoms in total. The molecule has 18 heavy (non-hydrogen) atoms. The third kappa shape index (κ3) is 2.54. The number of thiophene rings is 1. The number of primary amides is 1. The number of hydrogen-bond donors (Lipinski definition) is 2. The molecule has 1 unspecified atom stereocenters. The fraction of sp³-hybridized carbons (Fsp3) is 0.500. The summed E-state index contributed by atoms with van der Waals surface area (Å²) in [7, 11) is 1.89. The first-order valence-corrected chi connectivity index (χ1v) is 6.85. The standard InChI is InChI=1S/C12H17N3O2S/c1-14-6-9-3-2-4-15(9)12(17)10-5-8(7-18-10)11(13)16/h5,7,9,14H,2-4,6H2,1H3,(H2,13,16). The third-order valence-corrected chi connectivity index (χ3v) is 4.09. The van der Waals surface area contributed by atoms with E-state index < -0.39 is 5.91 Å². The average Bonchev–Trinajstić information content (AvgIpc) is 2.97. The summed E-state index contributed by atoms with van der Waals surface area (Å²) in [6, 6.07) is 1.84. The predicted molar refractivity (Wildman–Crippen MR) is 70.8 cm³/mol. The lowest BCUT2D eigenvalue weighted by Gasteiger charge is -2.23. The molecule has 98 valence electrons. The molecule has 0 saturated carbocycles. The first kappa shape index (κ1) is 13.0. The monoisotopic (exact) mass is 267 g/mol. The van der Waals surface area contributed by atoms with Crippen molar-refractivity contribution in [2.45, 2.75) is 18.9 Å². The van der Waals surface area contributed by atoms with Gasteiger partial charge >= 0.3 is 0 Å². The van der Waals surface area contributed by atoms with Crippen LogP contribution in [0.2, 0.25) is 0 Å². The second kappa shape index (κ2) is 5.49. The summed E-state index contributed by atoms with van der Waals surface area (Å²) in [6.07, 6.45) is 2.06. The Morgan fingerprint density at radius 3 is 3.00 bits per heavy atom. The lowest BCUT2D eigenvalue weighted by molar-refractivity contribution is 0.0742.